The number of carbonyl (C=O) groups is 1. The Kier molecular flexibility index (Phi) is 0.722. The molecule has 4 fully saturated rings. The van der Waals surface area contributed by atoms with Crippen molar-refractivity contribution in [1.82, 2.24) is 0 Å². The first-order valence-corrected chi connectivity index (χ1v) is 5.26. The van der Waals surface area contributed by atoms with Gasteiger partial charge in [0.2, 0.25) is 0 Å². The summed E-state index contributed by atoms with van der Waals surface area (Å²) in [5.41, 5.74) is 1.37. The lowest BCUT2D eigenvalue weighted by Gasteiger charge is -2.22. The van der Waals surface area contributed by atoms with Gasteiger partial charge in [0.05, 0.1) is 0 Å². The van der Waals surface area contributed by atoms with Crippen molar-refractivity contribution >= 4 is 5.78 Å². The quantitative estimate of drug-likeness (QED) is 0.533. The van der Waals surface area contributed by atoms with Crippen molar-refractivity contribution in [3.05, 3.63) is 0 Å². The van der Waals surface area contributed by atoms with E-state index in [1.807, 2.05) is 0 Å². The average Bonchev–Trinajstić information content (AvgIpc) is 2.76. The lowest BCUT2D eigenvalue weighted by Crippen LogP contribution is -2.14. The van der Waals surface area contributed by atoms with Gasteiger partial charge in [0.15, 0.2) is 0 Å². The molecule has 4 saturated carbocycles. The average molecular weight is 162 g/mol. The third-order valence-corrected chi connectivity index (χ3v) is 5.16. The Balaban J connectivity index is 1.66. The summed E-state index contributed by atoms with van der Waals surface area (Å²) in [6.45, 7) is 0. The molecule has 0 aromatic carbocycles. The van der Waals surface area contributed by atoms with Crippen molar-refractivity contribution in [3.63, 3.8) is 0 Å². The molecule has 0 N–H and O–H groups in total. The zero-order valence-corrected chi connectivity index (χ0v) is 7.31. The largest absolute Gasteiger partial charge is 0.300 e. The molecule has 0 aliphatic heterocycles. The van der Waals surface area contributed by atoms with Gasteiger partial charge in [-0.15, -0.1) is 0 Å². The fourth-order valence-electron chi connectivity index (χ4n) is 4.40. The van der Waals surface area contributed by atoms with Crippen LogP contribution in [0.2, 0.25) is 0 Å². The topological polar surface area (TPSA) is 17.1 Å². The highest BCUT2D eigenvalue weighted by Gasteiger charge is 2.83. The zero-order valence-electron chi connectivity index (χ0n) is 7.31. The molecule has 4 aliphatic rings. The molecule has 1 nitrogen and oxygen atoms in total. The van der Waals surface area contributed by atoms with Crippen molar-refractivity contribution in [2.24, 2.45) is 22.7 Å². The maximum atomic E-state index is 11.2. The van der Waals surface area contributed by atoms with E-state index in [1.54, 1.807) is 0 Å². The van der Waals surface area contributed by atoms with Gasteiger partial charge in [0, 0.05) is 12.8 Å². The molecule has 0 radical (unpaired) electrons. The number of carbonyl (C=O) groups excluding carboxylic acids is 1. The lowest BCUT2D eigenvalue weighted by molar-refractivity contribution is -0.118. The van der Waals surface area contributed by atoms with Crippen LogP contribution < -0.4 is 0 Å². The Morgan fingerprint density at radius 2 is 2.08 bits per heavy atom. The number of hydrogen-bond donors (Lipinski definition) is 0. The van der Waals surface area contributed by atoms with Crippen LogP contribution in [0.4, 0.5) is 0 Å². The molecule has 4 rings (SSSR count). The molecule has 64 valence electrons. The minimum absolute atomic E-state index is 0.536. The third-order valence-electron chi connectivity index (χ3n) is 5.16. The molecular formula is C11H14O. The van der Waals surface area contributed by atoms with E-state index in [0.29, 0.717) is 11.2 Å². The van der Waals surface area contributed by atoms with E-state index in [9.17, 15) is 4.79 Å². The van der Waals surface area contributed by atoms with Gasteiger partial charge < -0.3 is 0 Å². The SMILES string of the molecule is O=C1CCC2(C1)CC1C3CC13C2. The smallest absolute Gasteiger partial charge is 0.133 e. The Morgan fingerprint density at radius 3 is 2.58 bits per heavy atom. The number of rotatable bonds is 0. The fraction of sp³-hybridized carbons (Fsp3) is 0.909. The standard InChI is InChI=1S/C11H14O/c12-7-1-2-10(3-7)4-8-9-5-11(8,9)6-10/h8-9H,1-6H2. The summed E-state index contributed by atoms with van der Waals surface area (Å²) in [5.74, 6) is 2.77. The summed E-state index contributed by atoms with van der Waals surface area (Å²) >= 11 is 0. The highest BCUT2D eigenvalue weighted by atomic mass is 16.1. The van der Waals surface area contributed by atoms with Crippen LogP contribution in [-0.2, 0) is 4.79 Å². The summed E-state index contributed by atoms with van der Waals surface area (Å²) < 4.78 is 0. The minimum Gasteiger partial charge on any atom is -0.300 e. The van der Waals surface area contributed by atoms with Crippen molar-refractivity contribution < 1.29 is 4.79 Å². The summed E-state index contributed by atoms with van der Waals surface area (Å²) in [6, 6.07) is 0. The fourth-order valence-corrected chi connectivity index (χ4v) is 4.40. The molecule has 0 aromatic rings. The van der Waals surface area contributed by atoms with Gasteiger partial charge >= 0.3 is 0 Å². The minimum atomic E-state index is 0.536. The predicted molar refractivity (Wildman–Crippen MR) is 44.6 cm³/mol. The van der Waals surface area contributed by atoms with Crippen molar-refractivity contribution in [1.29, 1.82) is 0 Å². The summed E-state index contributed by atoms with van der Waals surface area (Å²) in [5, 5.41) is 0. The van der Waals surface area contributed by atoms with Gasteiger partial charge in [0.25, 0.3) is 0 Å². The van der Waals surface area contributed by atoms with Gasteiger partial charge in [0.1, 0.15) is 5.78 Å². The Morgan fingerprint density at radius 1 is 1.25 bits per heavy atom. The molecule has 0 aromatic heterocycles. The van der Waals surface area contributed by atoms with Crippen LogP contribution in [0.5, 0.6) is 0 Å². The maximum absolute atomic E-state index is 11.2. The van der Waals surface area contributed by atoms with Gasteiger partial charge in [-0.1, -0.05) is 0 Å². The third kappa shape index (κ3) is 0.486. The normalized spacial score (nSPS) is 65.2. The molecular weight excluding hydrogens is 148 g/mol. The molecule has 4 aliphatic carbocycles. The van der Waals surface area contributed by atoms with E-state index in [4.69, 9.17) is 0 Å². The van der Waals surface area contributed by atoms with E-state index in [0.717, 1.165) is 30.1 Å². The van der Waals surface area contributed by atoms with E-state index >= 15 is 0 Å². The van der Waals surface area contributed by atoms with Crippen molar-refractivity contribution in [2.75, 3.05) is 0 Å². The number of fused-ring (bicyclic) bond motifs is 1. The van der Waals surface area contributed by atoms with E-state index in [1.165, 1.54) is 25.7 Å². The monoisotopic (exact) mass is 162 g/mol. The van der Waals surface area contributed by atoms with Crippen LogP contribution in [0.1, 0.15) is 38.5 Å². The van der Waals surface area contributed by atoms with Crippen LogP contribution >= 0.6 is 0 Å². The van der Waals surface area contributed by atoms with Gasteiger partial charge in [-0.25, -0.2) is 0 Å². The first kappa shape index (κ1) is 6.17. The number of ketones is 1. The molecule has 0 amide bonds. The van der Waals surface area contributed by atoms with E-state index in [-0.39, 0.29) is 0 Å². The second-order valence-electron chi connectivity index (χ2n) is 5.75. The Bertz CT molecular complexity index is 295. The summed E-state index contributed by atoms with van der Waals surface area (Å²) in [4.78, 5) is 11.2. The zero-order chi connectivity index (χ0) is 7.97. The van der Waals surface area contributed by atoms with Gasteiger partial charge in [-0.3, -0.25) is 4.79 Å². The highest BCUT2D eigenvalue weighted by molar-refractivity contribution is 5.81. The second-order valence-corrected chi connectivity index (χ2v) is 5.75. The molecule has 2 spiro atoms. The molecule has 4 atom stereocenters. The molecule has 1 heteroatoms. The molecule has 12 heavy (non-hydrogen) atoms. The van der Waals surface area contributed by atoms with Crippen molar-refractivity contribution in [3.8, 4) is 0 Å². The van der Waals surface area contributed by atoms with Crippen molar-refractivity contribution in [2.45, 2.75) is 38.5 Å². The van der Waals surface area contributed by atoms with Crippen LogP contribution in [0, 0.1) is 22.7 Å². The molecule has 0 heterocycles. The molecule has 0 bridgehead atoms. The van der Waals surface area contributed by atoms with Crippen LogP contribution in [0.3, 0.4) is 0 Å². The van der Waals surface area contributed by atoms with Gasteiger partial charge in [-0.05, 0) is 48.3 Å². The highest BCUT2D eigenvalue weighted by Crippen LogP contribution is 2.90. The Hall–Kier alpha value is -0.330. The van der Waals surface area contributed by atoms with Crippen LogP contribution in [0.25, 0.3) is 0 Å². The van der Waals surface area contributed by atoms with E-state index < -0.39 is 0 Å². The summed E-state index contributed by atoms with van der Waals surface area (Å²) in [6.07, 6.45) is 7.44. The maximum Gasteiger partial charge on any atom is 0.133 e. The number of Topliss-reactive ketones (excluding diaryl/α,β-unsaturated/α-hetero) is 1. The van der Waals surface area contributed by atoms with Crippen LogP contribution in [-0.4, -0.2) is 5.78 Å². The first-order chi connectivity index (χ1) is 5.74. The number of hydrogen-bond acceptors (Lipinski definition) is 1. The van der Waals surface area contributed by atoms with Crippen LogP contribution in [0.15, 0.2) is 0 Å². The Labute approximate surface area is 72.5 Å². The molecule has 4 unspecified atom stereocenters. The predicted octanol–water partition coefficient (Wildman–Crippen LogP) is 2.16. The lowest BCUT2D eigenvalue weighted by atomic mass is 9.81. The summed E-state index contributed by atoms with van der Waals surface area (Å²) in [7, 11) is 0. The van der Waals surface area contributed by atoms with E-state index in [2.05, 4.69) is 0 Å². The second kappa shape index (κ2) is 1.40. The van der Waals surface area contributed by atoms with Gasteiger partial charge in [-0.2, -0.15) is 0 Å². The molecule has 0 saturated heterocycles. The first-order valence-electron chi connectivity index (χ1n) is 5.26.